The topological polar surface area (TPSA) is 9.86 Å². The zero-order valence-corrected chi connectivity index (χ0v) is 31.7. The molecular formula is C56H36N2. The molecule has 10 aromatic carbocycles. The third-order valence-electron chi connectivity index (χ3n) is 12.2. The lowest BCUT2D eigenvalue weighted by Crippen LogP contribution is -1.95. The monoisotopic (exact) mass is 736 g/mol. The van der Waals surface area contributed by atoms with E-state index in [4.69, 9.17) is 0 Å². The van der Waals surface area contributed by atoms with Crippen molar-refractivity contribution in [3.8, 4) is 44.8 Å². The van der Waals surface area contributed by atoms with Gasteiger partial charge in [0.15, 0.2) is 0 Å². The van der Waals surface area contributed by atoms with Crippen LogP contribution in [0.15, 0.2) is 219 Å². The molecule has 0 saturated carbocycles. The van der Waals surface area contributed by atoms with E-state index in [0.717, 1.165) is 11.4 Å². The fourth-order valence-electron chi connectivity index (χ4n) is 9.36. The van der Waals surface area contributed by atoms with Crippen LogP contribution in [0, 0.1) is 0 Å². The van der Waals surface area contributed by atoms with Crippen molar-refractivity contribution in [2.24, 2.45) is 0 Å². The molecule has 0 aliphatic carbocycles. The van der Waals surface area contributed by atoms with Crippen LogP contribution in [0.2, 0.25) is 0 Å². The number of hydrogen-bond acceptors (Lipinski definition) is 0. The van der Waals surface area contributed by atoms with Crippen LogP contribution >= 0.6 is 0 Å². The molecule has 12 rings (SSSR count). The molecule has 2 heteroatoms. The Morgan fingerprint density at radius 2 is 0.690 bits per heavy atom. The SMILES string of the molecule is c1ccc(-c2ccc(-n3ccc4c3ccc3c5ccccc5n(-c5ccc(-c6ccc7c8ccc(-c9ccccc9)cc8c8ccccc8c7c6)cc5)c34)cc2)cc1. The van der Waals surface area contributed by atoms with Gasteiger partial charge in [0.25, 0.3) is 0 Å². The predicted molar refractivity (Wildman–Crippen MR) is 246 cm³/mol. The van der Waals surface area contributed by atoms with Gasteiger partial charge in [-0.1, -0.05) is 158 Å². The molecule has 0 unspecified atom stereocenters. The fraction of sp³-hybridized carbons (Fsp3) is 0. The Bertz CT molecular complexity index is 3500. The first kappa shape index (κ1) is 32.6. The lowest BCUT2D eigenvalue weighted by atomic mass is 9.90. The van der Waals surface area contributed by atoms with Crippen molar-refractivity contribution in [1.29, 1.82) is 0 Å². The quantitative estimate of drug-likeness (QED) is 0.156. The second kappa shape index (κ2) is 12.9. The molecule has 2 nitrogen and oxygen atoms in total. The van der Waals surface area contributed by atoms with Crippen molar-refractivity contribution in [3.05, 3.63) is 219 Å². The number of aromatic nitrogens is 2. The number of nitrogens with zero attached hydrogens (tertiary/aromatic N) is 2. The molecule has 0 fully saturated rings. The minimum absolute atomic E-state index is 1.15. The number of benzene rings is 10. The molecule has 0 aliphatic heterocycles. The van der Waals surface area contributed by atoms with Crippen LogP contribution in [0.4, 0.5) is 0 Å². The minimum atomic E-state index is 1.15. The Morgan fingerprint density at radius 3 is 1.31 bits per heavy atom. The fourth-order valence-corrected chi connectivity index (χ4v) is 9.36. The molecule has 0 bridgehead atoms. The number of para-hydroxylation sites is 1. The second-order valence-electron chi connectivity index (χ2n) is 15.3. The van der Waals surface area contributed by atoms with E-state index in [1.807, 2.05) is 0 Å². The minimum Gasteiger partial charge on any atom is -0.316 e. The molecule has 0 atom stereocenters. The van der Waals surface area contributed by atoms with Gasteiger partial charge >= 0.3 is 0 Å². The van der Waals surface area contributed by atoms with Crippen molar-refractivity contribution in [2.45, 2.75) is 0 Å². The summed E-state index contributed by atoms with van der Waals surface area (Å²) in [6.07, 6.45) is 2.21. The number of fused-ring (bicyclic) bond motifs is 11. The molecule has 12 aromatic rings. The van der Waals surface area contributed by atoms with E-state index < -0.39 is 0 Å². The highest BCUT2D eigenvalue weighted by atomic mass is 15.0. The van der Waals surface area contributed by atoms with Crippen LogP contribution in [-0.4, -0.2) is 9.13 Å². The van der Waals surface area contributed by atoms with Crippen molar-refractivity contribution in [1.82, 2.24) is 9.13 Å². The van der Waals surface area contributed by atoms with Crippen LogP contribution in [0.1, 0.15) is 0 Å². The molecule has 0 aliphatic rings. The van der Waals surface area contributed by atoms with Gasteiger partial charge in [0.05, 0.1) is 16.6 Å². The summed E-state index contributed by atoms with van der Waals surface area (Å²) >= 11 is 0. The maximum Gasteiger partial charge on any atom is 0.0635 e. The molecule has 58 heavy (non-hydrogen) atoms. The highest BCUT2D eigenvalue weighted by Crippen LogP contribution is 2.41. The largest absolute Gasteiger partial charge is 0.316 e. The zero-order chi connectivity index (χ0) is 38.2. The molecule has 2 aromatic heterocycles. The molecule has 2 heterocycles. The molecule has 0 amide bonds. The van der Waals surface area contributed by atoms with Crippen LogP contribution < -0.4 is 0 Å². The van der Waals surface area contributed by atoms with Crippen LogP contribution in [0.5, 0.6) is 0 Å². The summed E-state index contributed by atoms with van der Waals surface area (Å²) in [4.78, 5) is 0. The van der Waals surface area contributed by atoms with Gasteiger partial charge in [0, 0.05) is 33.7 Å². The third kappa shape index (κ3) is 5.05. The van der Waals surface area contributed by atoms with E-state index in [9.17, 15) is 0 Å². The van der Waals surface area contributed by atoms with Crippen molar-refractivity contribution in [3.63, 3.8) is 0 Å². The standard InChI is InChI=1S/C56H36N2/c1-3-11-37(12-4-1)39-19-25-43(26-20-39)57-34-33-51-54(57)32-31-50-49-17-9-10-18-55(49)58(56(50)51)44-27-21-40(22-28-44)42-24-30-48-47-29-23-41(38-13-5-2-6-14-38)35-52(47)45-15-7-8-16-46(45)53(48)36-42/h1-36H. The Hall–Kier alpha value is -7.68. The van der Waals surface area contributed by atoms with E-state index in [2.05, 4.69) is 228 Å². The highest BCUT2D eigenvalue weighted by molar-refractivity contribution is 6.26. The first-order valence-electron chi connectivity index (χ1n) is 20.0. The summed E-state index contributed by atoms with van der Waals surface area (Å²) in [5.74, 6) is 0. The van der Waals surface area contributed by atoms with Crippen LogP contribution in [0.3, 0.4) is 0 Å². The Kier molecular flexibility index (Phi) is 7.26. The Balaban J connectivity index is 0.964. The van der Waals surface area contributed by atoms with E-state index in [1.165, 1.54) is 98.4 Å². The Labute approximate surface area is 336 Å². The van der Waals surface area contributed by atoms with Gasteiger partial charge < -0.3 is 9.13 Å². The summed E-state index contributed by atoms with van der Waals surface area (Å²) < 4.78 is 4.76. The van der Waals surface area contributed by atoms with E-state index in [0.29, 0.717) is 0 Å². The van der Waals surface area contributed by atoms with Gasteiger partial charge in [-0.15, -0.1) is 0 Å². The van der Waals surface area contributed by atoms with Crippen LogP contribution in [-0.2, 0) is 0 Å². The molecule has 0 N–H and O–H groups in total. The van der Waals surface area contributed by atoms with Gasteiger partial charge in [0.1, 0.15) is 0 Å². The number of rotatable bonds is 5. The first-order chi connectivity index (χ1) is 28.8. The van der Waals surface area contributed by atoms with Crippen LogP contribution in [0.25, 0.3) is 110 Å². The van der Waals surface area contributed by atoms with Crippen molar-refractivity contribution in [2.75, 3.05) is 0 Å². The third-order valence-corrected chi connectivity index (χ3v) is 12.2. The summed E-state index contributed by atoms with van der Waals surface area (Å²) in [5.41, 5.74) is 13.2. The van der Waals surface area contributed by atoms with Gasteiger partial charge in [0.2, 0.25) is 0 Å². The Morgan fingerprint density at radius 1 is 0.241 bits per heavy atom. The average Bonchev–Trinajstić information content (AvgIpc) is 3.89. The molecular weight excluding hydrogens is 701 g/mol. The summed E-state index contributed by atoms with van der Waals surface area (Å²) in [5, 5.41) is 11.4. The summed E-state index contributed by atoms with van der Waals surface area (Å²) in [6, 6.07) is 77.7. The number of hydrogen-bond donors (Lipinski definition) is 0. The smallest absolute Gasteiger partial charge is 0.0635 e. The van der Waals surface area contributed by atoms with E-state index >= 15 is 0 Å². The van der Waals surface area contributed by atoms with E-state index in [1.54, 1.807) is 0 Å². The second-order valence-corrected chi connectivity index (χ2v) is 15.3. The maximum absolute atomic E-state index is 2.45. The highest BCUT2D eigenvalue weighted by Gasteiger charge is 2.18. The predicted octanol–water partition coefficient (Wildman–Crippen LogP) is 15.2. The summed E-state index contributed by atoms with van der Waals surface area (Å²) in [6.45, 7) is 0. The first-order valence-corrected chi connectivity index (χ1v) is 20.0. The lowest BCUT2D eigenvalue weighted by molar-refractivity contribution is 1.13. The van der Waals surface area contributed by atoms with Gasteiger partial charge in [-0.2, -0.15) is 0 Å². The molecule has 0 spiro atoms. The van der Waals surface area contributed by atoms with Gasteiger partial charge in [-0.05, 0) is 120 Å². The van der Waals surface area contributed by atoms with Gasteiger partial charge in [-0.3, -0.25) is 0 Å². The van der Waals surface area contributed by atoms with E-state index in [-0.39, 0.29) is 0 Å². The van der Waals surface area contributed by atoms with Crippen molar-refractivity contribution >= 4 is 65.0 Å². The lowest BCUT2D eigenvalue weighted by Gasteiger charge is -2.14. The average molecular weight is 737 g/mol. The van der Waals surface area contributed by atoms with Crippen molar-refractivity contribution < 1.29 is 0 Å². The summed E-state index contributed by atoms with van der Waals surface area (Å²) in [7, 11) is 0. The maximum atomic E-state index is 2.45. The molecule has 0 saturated heterocycles. The zero-order valence-electron chi connectivity index (χ0n) is 31.7. The molecule has 0 radical (unpaired) electrons. The normalized spacial score (nSPS) is 11.8. The van der Waals surface area contributed by atoms with Gasteiger partial charge in [-0.25, -0.2) is 0 Å². The molecule has 270 valence electrons.